The highest BCUT2D eigenvalue weighted by Gasteiger charge is 2.34. The molecule has 1 saturated heterocycles. The summed E-state index contributed by atoms with van der Waals surface area (Å²) >= 11 is 1.18. The minimum Gasteiger partial charge on any atom is -0.326 e. The van der Waals surface area contributed by atoms with E-state index in [2.05, 4.69) is 15.6 Å². The average molecular weight is 357 g/mol. The Balaban J connectivity index is 1.59. The SMILES string of the molecule is O=C(C[C@H]1SC(=NC2CC2)NC1=O)Nc1cccc(C(F)(F)F)c1. The third kappa shape index (κ3) is 4.28. The van der Waals surface area contributed by atoms with E-state index in [0.29, 0.717) is 5.17 Å². The molecule has 9 heteroatoms. The molecule has 1 aromatic carbocycles. The summed E-state index contributed by atoms with van der Waals surface area (Å²) in [4.78, 5) is 28.1. The van der Waals surface area contributed by atoms with Crippen molar-refractivity contribution in [2.45, 2.75) is 36.7 Å². The van der Waals surface area contributed by atoms with Crippen molar-refractivity contribution in [3.63, 3.8) is 0 Å². The maximum atomic E-state index is 12.7. The van der Waals surface area contributed by atoms with Gasteiger partial charge in [0.2, 0.25) is 11.8 Å². The Morgan fingerprint density at radius 3 is 2.79 bits per heavy atom. The van der Waals surface area contributed by atoms with Crippen LogP contribution in [-0.4, -0.2) is 28.3 Å². The van der Waals surface area contributed by atoms with Crippen LogP contribution in [0.5, 0.6) is 0 Å². The van der Waals surface area contributed by atoms with Crippen molar-refractivity contribution in [2.75, 3.05) is 5.32 Å². The molecule has 1 aliphatic heterocycles. The van der Waals surface area contributed by atoms with E-state index < -0.39 is 22.9 Å². The Morgan fingerprint density at radius 1 is 1.38 bits per heavy atom. The number of nitrogens with zero attached hydrogens (tertiary/aromatic N) is 1. The quantitative estimate of drug-likeness (QED) is 0.871. The van der Waals surface area contributed by atoms with Gasteiger partial charge in [0.25, 0.3) is 0 Å². The van der Waals surface area contributed by atoms with Crippen LogP contribution in [0.4, 0.5) is 18.9 Å². The number of carbonyl (C=O) groups is 2. The van der Waals surface area contributed by atoms with Gasteiger partial charge in [0.05, 0.1) is 11.6 Å². The van der Waals surface area contributed by atoms with Gasteiger partial charge in [-0.1, -0.05) is 17.8 Å². The standard InChI is InChI=1S/C15H14F3N3O2S/c16-15(17,18)8-2-1-3-10(6-8)19-12(22)7-11-13(23)21-14(24-11)20-9-4-5-9/h1-3,6,9,11H,4-5,7H2,(H,19,22)(H,20,21,23)/t11-/m1/s1. The molecule has 24 heavy (non-hydrogen) atoms. The van der Waals surface area contributed by atoms with Crippen LogP contribution >= 0.6 is 11.8 Å². The van der Waals surface area contributed by atoms with Gasteiger partial charge in [-0.25, -0.2) is 0 Å². The highest BCUT2D eigenvalue weighted by atomic mass is 32.2. The van der Waals surface area contributed by atoms with E-state index in [1.165, 1.54) is 23.9 Å². The number of aliphatic imine (C=N–C) groups is 1. The molecule has 0 bridgehead atoms. The number of benzene rings is 1. The van der Waals surface area contributed by atoms with Crippen LogP contribution in [0.15, 0.2) is 29.3 Å². The van der Waals surface area contributed by atoms with Crippen LogP contribution in [-0.2, 0) is 15.8 Å². The third-order valence-electron chi connectivity index (χ3n) is 3.47. The molecule has 2 amide bonds. The van der Waals surface area contributed by atoms with Crippen LogP contribution < -0.4 is 10.6 Å². The normalized spacial score (nSPS) is 22.5. The van der Waals surface area contributed by atoms with Gasteiger partial charge in [0.15, 0.2) is 5.17 Å². The lowest BCUT2D eigenvalue weighted by molar-refractivity contribution is -0.137. The molecule has 1 atom stereocenters. The summed E-state index contributed by atoms with van der Waals surface area (Å²) in [7, 11) is 0. The van der Waals surface area contributed by atoms with Gasteiger partial charge >= 0.3 is 6.18 Å². The van der Waals surface area contributed by atoms with E-state index in [1.54, 1.807) is 0 Å². The largest absolute Gasteiger partial charge is 0.416 e. The predicted octanol–water partition coefficient (Wildman–Crippen LogP) is 2.78. The molecule has 0 unspecified atom stereocenters. The van der Waals surface area contributed by atoms with Gasteiger partial charge in [0.1, 0.15) is 5.25 Å². The summed E-state index contributed by atoms with van der Waals surface area (Å²) in [6.07, 6.45) is -2.60. The zero-order chi connectivity index (χ0) is 17.3. The van der Waals surface area contributed by atoms with E-state index in [0.717, 1.165) is 25.0 Å². The first-order chi connectivity index (χ1) is 11.3. The van der Waals surface area contributed by atoms with Gasteiger partial charge in [-0.3, -0.25) is 14.6 Å². The highest BCUT2D eigenvalue weighted by molar-refractivity contribution is 8.15. The first-order valence-corrected chi connectivity index (χ1v) is 8.21. The number of nitrogens with one attached hydrogen (secondary N) is 2. The Kier molecular flexibility index (Phi) is 4.53. The number of anilines is 1. The Labute approximate surface area is 140 Å². The summed E-state index contributed by atoms with van der Waals surface area (Å²) in [5.74, 6) is -0.826. The first-order valence-electron chi connectivity index (χ1n) is 7.34. The number of hydrogen-bond acceptors (Lipinski definition) is 4. The summed E-state index contributed by atoms with van der Waals surface area (Å²) in [6.45, 7) is 0. The molecule has 0 radical (unpaired) electrons. The monoisotopic (exact) mass is 357 g/mol. The van der Waals surface area contributed by atoms with E-state index in [-0.39, 0.29) is 24.1 Å². The summed E-state index contributed by atoms with van der Waals surface area (Å²) in [5, 5.41) is 4.91. The fourth-order valence-electron chi connectivity index (χ4n) is 2.12. The second-order valence-corrected chi connectivity index (χ2v) is 6.78. The molecule has 0 spiro atoms. The van der Waals surface area contributed by atoms with Crippen molar-refractivity contribution in [1.29, 1.82) is 0 Å². The van der Waals surface area contributed by atoms with Crippen molar-refractivity contribution in [3.8, 4) is 0 Å². The second kappa shape index (κ2) is 6.46. The van der Waals surface area contributed by atoms with E-state index in [1.807, 2.05) is 0 Å². The molecular weight excluding hydrogens is 343 g/mol. The minimum atomic E-state index is -4.48. The minimum absolute atomic E-state index is 0.0464. The van der Waals surface area contributed by atoms with Crippen LogP contribution in [0.2, 0.25) is 0 Å². The number of thioether (sulfide) groups is 1. The second-order valence-electron chi connectivity index (χ2n) is 5.59. The molecule has 0 aromatic heterocycles. The molecule has 1 heterocycles. The van der Waals surface area contributed by atoms with E-state index >= 15 is 0 Å². The molecule has 128 valence electrons. The van der Waals surface area contributed by atoms with Gasteiger partial charge < -0.3 is 10.6 Å². The predicted molar refractivity (Wildman–Crippen MR) is 84.7 cm³/mol. The zero-order valence-electron chi connectivity index (χ0n) is 12.4. The van der Waals surface area contributed by atoms with Crippen molar-refractivity contribution in [1.82, 2.24) is 5.32 Å². The molecule has 2 aliphatic rings. The molecule has 1 aliphatic carbocycles. The number of rotatable bonds is 4. The number of amides is 2. The van der Waals surface area contributed by atoms with Gasteiger partial charge in [-0.2, -0.15) is 13.2 Å². The van der Waals surface area contributed by atoms with Gasteiger partial charge in [-0.15, -0.1) is 0 Å². The highest BCUT2D eigenvalue weighted by Crippen LogP contribution is 2.31. The van der Waals surface area contributed by atoms with Crippen molar-refractivity contribution < 1.29 is 22.8 Å². The Bertz CT molecular complexity index is 701. The lowest BCUT2D eigenvalue weighted by Gasteiger charge is -2.10. The zero-order valence-corrected chi connectivity index (χ0v) is 13.2. The van der Waals surface area contributed by atoms with Gasteiger partial charge in [-0.05, 0) is 31.0 Å². The maximum absolute atomic E-state index is 12.7. The van der Waals surface area contributed by atoms with Crippen molar-refractivity contribution >= 4 is 34.4 Å². The molecule has 2 fully saturated rings. The number of halogens is 3. The molecular formula is C15H14F3N3O2S. The summed E-state index contributed by atoms with van der Waals surface area (Å²) in [5.41, 5.74) is -0.794. The Morgan fingerprint density at radius 2 is 2.12 bits per heavy atom. The topological polar surface area (TPSA) is 70.6 Å². The fraction of sp³-hybridized carbons (Fsp3) is 0.400. The van der Waals surface area contributed by atoms with Crippen molar-refractivity contribution in [3.05, 3.63) is 29.8 Å². The van der Waals surface area contributed by atoms with E-state index in [9.17, 15) is 22.8 Å². The summed E-state index contributed by atoms with van der Waals surface area (Å²) in [6, 6.07) is 4.63. The third-order valence-corrected chi connectivity index (χ3v) is 4.56. The van der Waals surface area contributed by atoms with Gasteiger partial charge in [0, 0.05) is 12.1 Å². The molecule has 2 N–H and O–H groups in total. The Hall–Kier alpha value is -2.03. The lowest BCUT2D eigenvalue weighted by atomic mass is 10.2. The molecule has 1 saturated carbocycles. The van der Waals surface area contributed by atoms with E-state index in [4.69, 9.17) is 0 Å². The summed E-state index contributed by atoms with van der Waals surface area (Å²) < 4.78 is 38.0. The number of alkyl halides is 3. The number of hydrogen-bond donors (Lipinski definition) is 2. The first kappa shape index (κ1) is 16.8. The van der Waals surface area contributed by atoms with Crippen LogP contribution in [0.25, 0.3) is 0 Å². The number of carbonyl (C=O) groups excluding carboxylic acids is 2. The number of amidine groups is 1. The van der Waals surface area contributed by atoms with Crippen molar-refractivity contribution in [2.24, 2.45) is 4.99 Å². The van der Waals surface area contributed by atoms with Crippen LogP contribution in [0.3, 0.4) is 0 Å². The fourth-order valence-corrected chi connectivity index (χ4v) is 3.16. The average Bonchev–Trinajstić information content (AvgIpc) is 3.23. The van der Waals surface area contributed by atoms with Crippen LogP contribution in [0.1, 0.15) is 24.8 Å². The maximum Gasteiger partial charge on any atom is 0.416 e. The molecule has 5 nitrogen and oxygen atoms in total. The smallest absolute Gasteiger partial charge is 0.326 e. The molecule has 1 aromatic rings. The molecule has 3 rings (SSSR count). The lowest BCUT2D eigenvalue weighted by Crippen LogP contribution is -2.28. The van der Waals surface area contributed by atoms with Crippen LogP contribution in [0, 0.1) is 0 Å².